The quantitative estimate of drug-likeness (QED) is 0.748. The number of rotatable bonds is 6. The summed E-state index contributed by atoms with van der Waals surface area (Å²) in [5.74, 6) is 1.09. The molecule has 1 aromatic rings. The fraction of sp³-hybridized carbons (Fsp3) is 0.625. The summed E-state index contributed by atoms with van der Waals surface area (Å²) in [7, 11) is 0. The number of phenols is 1. The Labute approximate surface area is 120 Å². The molecule has 4 heteroatoms. The first-order valence-electron chi connectivity index (χ1n) is 7.53. The minimum atomic E-state index is 0.182. The standard InChI is InChI=1S/C16H25NO3/c1-2-20-16-9-12(7-8-15(16)19)10-17-14-6-4-3-5-13(14)11-18/h7-9,13-14,17-19H,2-6,10-11H2,1H3. The van der Waals surface area contributed by atoms with E-state index in [1.165, 1.54) is 12.8 Å². The monoisotopic (exact) mass is 279 g/mol. The Balaban J connectivity index is 1.94. The van der Waals surface area contributed by atoms with Gasteiger partial charge in [0.05, 0.1) is 6.61 Å². The van der Waals surface area contributed by atoms with E-state index >= 15 is 0 Å². The van der Waals surface area contributed by atoms with Crippen LogP contribution in [0.15, 0.2) is 18.2 Å². The van der Waals surface area contributed by atoms with E-state index in [4.69, 9.17) is 4.74 Å². The third-order valence-corrected chi connectivity index (χ3v) is 4.04. The van der Waals surface area contributed by atoms with Crippen molar-refractivity contribution in [2.75, 3.05) is 13.2 Å². The molecule has 20 heavy (non-hydrogen) atoms. The van der Waals surface area contributed by atoms with E-state index in [1.54, 1.807) is 6.07 Å². The zero-order valence-corrected chi connectivity index (χ0v) is 12.1. The Bertz CT molecular complexity index is 422. The molecule has 4 nitrogen and oxygen atoms in total. The average Bonchev–Trinajstić information content (AvgIpc) is 2.48. The highest BCUT2D eigenvalue weighted by Gasteiger charge is 2.23. The zero-order chi connectivity index (χ0) is 14.4. The van der Waals surface area contributed by atoms with E-state index in [9.17, 15) is 10.2 Å². The number of nitrogens with one attached hydrogen (secondary N) is 1. The smallest absolute Gasteiger partial charge is 0.161 e. The van der Waals surface area contributed by atoms with Crippen molar-refractivity contribution in [1.29, 1.82) is 0 Å². The summed E-state index contributed by atoms with van der Waals surface area (Å²) in [6, 6.07) is 5.84. The van der Waals surface area contributed by atoms with Crippen LogP contribution in [0.2, 0.25) is 0 Å². The van der Waals surface area contributed by atoms with Crippen molar-refractivity contribution in [3.63, 3.8) is 0 Å². The van der Waals surface area contributed by atoms with Crippen LogP contribution in [0, 0.1) is 5.92 Å². The second-order valence-corrected chi connectivity index (χ2v) is 5.45. The molecule has 1 fully saturated rings. The van der Waals surface area contributed by atoms with Crippen molar-refractivity contribution in [2.45, 2.75) is 45.2 Å². The highest BCUT2D eigenvalue weighted by molar-refractivity contribution is 5.41. The molecule has 0 radical (unpaired) electrons. The Hall–Kier alpha value is -1.26. The number of phenolic OH excluding ortho intramolecular Hbond substituents is 1. The molecule has 112 valence electrons. The Morgan fingerprint density at radius 3 is 2.85 bits per heavy atom. The van der Waals surface area contributed by atoms with E-state index in [0.29, 0.717) is 24.3 Å². The van der Waals surface area contributed by atoms with Crippen molar-refractivity contribution in [3.8, 4) is 11.5 Å². The van der Waals surface area contributed by atoms with Gasteiger partial charge in [0.2, 0.25) is 0 Å². The number of aliphatic hydroxyl groups excluding tert-OH is 1. The van der Waals surface area contributed by atoms with E-state index in [1.807, 2.05) is 19.1 Å². The molecule has 2 unspecified atom stereocenters. The molecule has 2 rings (SSSR count). The third-order valence-electron chi connectivity index (χ3n) is 4.04. The molecule has 1 saturated carbocycles. The molecule has 0 aromatic heterocycles. The van der Waals surface area contributed by atoms with Crippen LogP contribution in [-0.2, 0) is 6.54 Å². The lowest BCUT2D eigenvalue weighted by atomic mass is 9.85. The molecular weight excluding hydrogens is 254 g/mol. The van der Waals surface area contributed by atoms with Gasteiger partial charge in [-0.15, -0.1) is 0 Å². The second kappa shape index (κ2) is 7.50. The largest absolute Gasteiger partial charge is 0.504 e. The maximum atomic E-state index is 9.68. The van der Waals surface area contributed by atoms with Crippen molar-refractivity contribution >= 4 is 0 Å². The summed E-state index contributed by atoms with van der Waals surface area (Å²) >= 11 is 0. The summed E-state index contributed by atoms with van der Waals surface area (Å²) < 4.78 is 5.39. The van der Waals surface area contributed by atoms with Gasteiger partial charge in [0.15, 0.2) is 11.5 Å². The lowest BCUT2D eigenvalue weighted by Crippen LogP contribution is -2.39. The van der Waals surface area contributed by atoms with Crippen LogP contribution in [-0.4, -0.2) is 29.5 Å². The maximum Gasteiger partial charge on any atom is 0.161 e. The van der Waals surface area contributed by atoms with Gasteiger partial charge in [0, 0.05) is 19.2 Å². The molecule has 0 amide bonds. The van der Waals surface area contributed by atoms with Gasteiger partial charge in [-0.3, -0.25) is 0 Å². The second-order valence-electron chi connectivity index (χ2n) is 5.45. The van der Waals surface area contributed by atoms with Gasteiger partial charge in [-0.2, -0.15) is 0 Å². The number of benzene rings is 1. The summed E-state index contributed by atoms with van der Waals surface area (Å²) in [5, 5.41) is 22.6. The van der Waals surface area contributed by atoms with Crippen LogP contribution in [0.3, 0.4) is 0 Å². The SMILES string of the molecule is CCOc1cc(CNC2CCCCC2CO)ccc1O. The van der Waals surface area contributed by atoms with Crippen LogP contribution in [0.4, 0.5) is 0 Å². The molecule has 2 atom stereocenters. The Morgan fingerprint density at radius 2 is 2.10 bits per heavy atom. The van der Waals surface area contributed by atoms with Crippen molar-refractivity contribution in [3.05, 3.63) is 23.8 Å². The fourth-order valence-electron chi connectivity index (χ4n) is 2.88. The van der Waals surface area contributed by atoms with E-state index in [-0.39, 0.29) is 12.4 Å². The zero-order valence-electron chi connectivity index (χ0n) is 12.1. The lowest BCUT2D eigenvalue weighted by molar-refractivity contribution is 0.152. The summed E-state index contributed by atoms with van der Waals surface area (Å²) in [6.45, 7) is 3.44. The first-order valence-corrected chi connectivity index (χ1v) is 7.53. The minimum absolute atomic E-state index is 0.182. The number of aromatic hydroxyl groups is 1. The molecule has 3 N–H and O–H groups in total. The summed E-state index contributed by atoms with van der Waals surface area (Å²) in [5.41, 5.74) is 1.09. The van der Waals surface area contributed by atoms with Gasteiger partial charge >= 0.3 is 0 Å². The van der Waals surface area contributed by atoms with Crippen molar-refractivity contribution in [2.24, 2.45) is 5.92 Å². The first-order chi connectivity index (χ1) is 9.74. The predicted octanol–water partition coefficient (Wildman–Crippen LogP) is 2.43. The molecule has 0 spiro atoms. The third kappa shape index (κ3) is 3.87. The fourth-order valence-corrected chi connectivity index (χ4v) is 2.88. The van der Waals surface area contributed by atoms with E-state index in [2.05, 4.69) is 5.32 Å². The molecule has 0 bridgehead atoms. The van der Waals surface area contributed by atoms with Gasteiger partial charge in [0.1, 0.15) is 0 Å². The van der Waals surface area contributed by atoms with E-state index in [0.717, 1.165) is 24.9 Å². The van der Waals surface area contributed by atoms with Crippen molar-refractivity contribution in [1.82, 2.24) is 5.32 Å². The highest BCUT2D eigenvalue weighted by atomic mass is 16.5. The molecule has 1 aliphatic carbocycles. The van der Waals surface area contributed by atoms with Crippen LogP contribution in [0.5, 0.6) is 11.5 Å². The van der Waals surface area contributed by atoms with Crippen LogP contribution in [0.1, 0.15) is 38.2 Å². The molecular formula is C16H25NO3. The summed E-state index contributed by atoms with van der Waals surface area (Å²) in [6.07, 6.45) is 4.68. The van der Waals surface area contributed by atoms with Gasteiger partial charge in [-0.25, -0.2) is 0 Å². The van der Waals surface area contributed by atoms with Crippen LogP contribution >= 0.6 is 0 Å². The lowest BCUT2D eigenvalue weighted by Gasteiger charge is -2.31. The molecule has 1 aliphatic rings. The maximum absolute atomic E-state index is 9.68. The van der Waals surface area contributed by atoms with Crippen molar-refractivity contribution < 1.29 is 14.9 Å². The van der Waals surface area contributed by atoms with E-state index < -0.39 is 0 Å². The van der Waals surface area contributed by atoms with Gasteiger partial charge in [0.25, 0.3) is 0 Å². The van der Waals surface area contributed by atoms with Crippen LogP contribution in [0.25, 0.3) is 0 Å². The normalized spacial score (nSPS) is 22.7. The van der Waals surface area contributed by atoms with Gasteiger partial charge in [-0.1, -0.05) is 18.9 Å². The first kappa shape index (κ1) is 15.1. The molecule has 0 saturated heterocycles. The number of ether oxygens (including phenoxy) is 1. The number of aliphatic hydroxyl groups is 1. The molecule has 0 heterocycles. The predicted molar refractivity (Wildman–Crippen MR) is 78.9 cm³/mol. The van der Waals surface area contributed by atoms with Gasteiger partial charge < -0.3 is 20.3 Å². The number of hydrogen-bond donors (Lipinski definition) is 3. The highest BCUT2D eigenvalue weighted by Crippen LogP contribution is 2.28. The van der Waals surface area contributed by atoms with Gasteiger partial charge in [-0.05, 0) is 43.4 Å². The Kier molecular flexibility index (Phi) is 5.68. The molecule has 0 aliphatic heterocycles. The summed E-state index contributed by atoms with van der Waals surface area (Å²) in [4.78, 5) is 0. The number of hydrogen-bond acceptors (Lipinski definition) is 4. The topological polar surface area (TPSA) is 61.7 Å². The molecule has 1 aromatic carbocycles. The Morgan fingerprint density at radius 1 is 1.30 bits per heavy atom. The van der Waals surface area contributed by atoms with Crippen LogP contribution < -0.4 is 10.1 Å². The average molecular weight is 279 g/mol. The minimum Gasteiger partial charge on any atom is -0.504 e.